The van der Waals surface area contributed by atoms with Crippen molar-refractivity contribution in [2.45, 2.75) is 57.2 Å². The lowest BCUT2D eigenvalue weighted by Gasteiger charge is -2.36. The molecule has 2 heteroatoms. The molecule has 124 valence electrons. The summed E-state index contributed by atoms with van der Waals surface area (Å²) in [6.45, 7) is 2.22. The molecule has 0 spiro atoms. The first-order valence-electron chi connectivity index (χ1n) is 8.66. The highest BCUT2D eigenvalue weighted by Crippen LogP contribution is 2.41. The second kappa shape index (κ2) is 8.85. The van der Waals surface area contributed by atoms with E-state index in [1.54, 1.807) is 0 Å². The minimum Gasteiger partial charge on any atom is -0.368 e. The second-order valence-electron chi connectivity index (χ2n) is 6.29. The van der Waals surface area contributed by atoms with Gasteiger partial charge in [-0.15, -0.1) is 0 Å². The first kappa shape index (κ1) is 17.7. The Morgan fingerprint density at radius 1 is 0.783 bits per heavy atom. The molecule has 2 rings (SSSR count). The van der Waals surface area contributed by atoms with E-state index in [2.05, 4.69) is 67.6 Å². The summed E-state index contributed by atoms with van der Waals surface area (Å²) in [6, 6.07) is 21.3. The van der Waals surface area contributed by atoms with Crippen LogP contribution in [0.5, 0.6) is 0 Å². The van der Waals surface area contributed by atoms with E-state index in [0.29, 0.717) is 6.42 Å². The molecule has 0 aromatic heterocycles. The van der Waals surface area contributed by atoms with Crippen molar-refractivity contribution in [3.63, 3.8) is 0 Å². The van der Waals surface area contributed by atoms with Crippen LogP contribution in [-0.2, 0) is 5.41 Å². The molecule has 0 aliphatic carbocycles. The Hall–Kier alpha value is -1.64. The largest absolute Gasteiger partial charge is 0.368 e. The Kier molecular flexibility index (Phi) is 6.82. The second-order valence-corrected chi connectivity index (χ2v) is 6.29. The van der Waals surface area contributed by atoms with Gasteiger partial charge in [-0.25, -0.2) is 0 Å². The van der Waals surface area contributed by atoms with Gasteiger partial charge in [-0.2, -0.15) is 0 Å². The summed E-state index contributed by atoms with van der Waals surface area (Å²) in [5.41, 5.74) is 2.60. The normalized spacial score (nSPS) is 11.8. The van der Waals surface area contributed by atoms with Crippen molar-refractivity contribution in [3.8, 4) is 0 Å². The maximum absolute atomic E-state index is 9.22. The highest BCUT2D eigenvalue weighted by Gasteiger charge is 2.33. The van der Waals surface area contributed by atoms with Crippen LogP contribution in [0.25, 0.3) is 0 Å². The minimum atomic E-state index is -1.22. The third-order valence-corrected chi connectivity index (χ3v) is 4.68. The molecule has 0 amide bonds. The lowest BCUT2D eigenvalue weighted by Crippen LogP contribution is -2.28. The third-order valence-electron chi connectivity index (χ3n) is 4.68. The van der Waals surface area contributed by atoms with Crippen molar-refractivity contribution >= 4 is 0 Å². The molecule has 0 atom stereocenters. The van der Waals surface area contributed by atoms with Crippen LogP contribution in [0.2, 0.25) is 0 Å². The van der Waals surface area contributed by atoms with Crippen molar-refractivity contribution in [2.75, 3.05) is 0 Å². The van der Waals surface area contributed by atoms with Gasteiger partial charge >= 0.3 is 0 Å². The number of aliphatic hydroxyl groups is 2. The van der Waals surface area contributed by atoms with E-state index >= 15 is 0 Å². The molecule has 0 radical (unpaired) electrons. The van der Waals surface area contributed by atoms with Gasteiger partial charge in [-0.1, -0.05) is 80.4 Å². The summed E-state index contributed by atoms with van der Waals surface area (Å²) in [4.78, 5) is 0. The Bertz CT molecular complexity index is 509. The van der Waals surface area contributed by atoms with Crippen molar-refractivity contribution in [1.82, 2.24) is 0 Å². The van der Waals surface area contributed by atoms with E-state index < -0.39 is 6.29 Å². The van der Waals surface area contributed by atoms with Gasteiger partial charge in [0.25, 0.3) is 0 Å². The summed E-state index contributed by atoms with van der Waals surface area (Å²) in [5.74, 6) is 0. The first-order valence-corrected chi connectivity index (χ1v) is 8.66. The first-order chi connectivity index (χ1) is 11.2. The quantitative estimate of drug-likeness (QED) is 0.662. The van der Waals surface area contributed by atoms with Crippen molar-refractivity contribution in [1.29, 1.82) is 0 Å². The molecule has 2 N–H and O–H groups in total. The number of aliphatic hydroxyl groups excluding tert-OH is 1. The van der Waals surface area contributed by atoms with E-state index in [4.69, 9.17) is 0 Å². The Balaban J connectivity index is 2.40. The molecule has 0 fully saturated rings. The van der Waals surface area contributed by atoms with Crippen LogP contribution < -0.4 is 0 Å². The third kappa shape index (κ3) is 4.66. The molecule has 0 saturated heterocycles. The summed E-state index contributed by atoms with van der Waals surface area (Å²) in [6.07, 6.45) is 4.33. The van der Waals surface area contributed by atoms with E-state index in [-0.39, 0.29) is 5.41 Å². The molecule has 0 aliphatic rings. The fourth-order valence-corrected chi connectivity index (χ4v) is 3.45. The van der Waals surface area contributed by atoms with Crippen LogP contribution in [0.4, 0.5) is 0 Å². The van der Waals surface area contributed by atoms with Gasteiger partial charge in [0.2, 0.25) is 0 Å². The van der Waals surface area contributed by atoms with E-state index in [1.807, 2.05) is 0 Å². The molecule has 23 heavy (non-hydrogen) atoms. The van der Waals surface area contributed by atoms with E-state index in [1.165, 1.54) is 11.1 Å². The monoisotopic (exact) mass is 312 g/mol. The molecule has 0 bridgehead atoms. The SMILES string of the molecule is CCCCC(CCCC(O)O)(c1ccccc1)c1ccccc1. The zero-order valence-electron chi connectivity index (χ0n) is 14.0. The number of benzene rings is 2. The van der Waals surface area contributed by atoms with E-state index in [9.17, 15) is 10.2 Å². The van der Waals surface area contributed by atoms with Crippen LogP contribution in [0.1, 0.15) is 56.6 Å². The average molecular weight is 312 g/mol. The predicted octanol–water partition coefficient (Wildman–Crippen LogP) is 4.64. The Morgan fingerprint density at radius 2 is 1.26 bits per heavy atom. The number of unbranched alkanes of at least 4 members (excludes halogenated alkanes) is 1. The van der Waals surface area contributed by atoms with E-state index in [0.717, 1.165) is 32.1 Å². The summed E-state index contributed by atoms with van der Waals surface area (Å²) in [7, 11) is 0. The van der Waals surface area contributed by atoms with Gasteiger partial charge in [0.1, 0.15) is 0 Å². The highest BCUT2D eigenvalue weighted by molar-refractivity contribution is 5.39. The van der Waals surface area contributed by atoms with Crippen LogP contribution in [0, 0.1) is 0 Å². The Morgan fingerprint density at radius 3 is 1.70 bits per heavy atom. The van der Waals surface area contributed by atoms with Gasteiger partial charge in [0, 0.05) is 5.41 Å². The molecule has 2 aromatic carbocycles. The van der Waals surface area contributed by atoms with Gasteiger partial charge < -0.3 is 10.2 Å². The van der Waals surface area contributed by atoms with Crippen molar-refractivity contribution < 1.29 is 10.2 Å². The van der Waals surface area contributed by atoms with Gasteiger partial charge in [-0.3, -0.25) is 0 Å². The lowest BCUT2D eigenvalue weighted by atomic mass is 9.68. The fourth-order valence-electron chi connectivity index (χ4n) is 3.45. The lowest BCUT2D eigenvalue weighted by molar-refractivity contribution is -0.0472. The van der Waals surface area contributed by atoms with Crippen LogP contribution in [0.3, 0.4) is 0 Å². The maximum Gasteiger partial charge on any atom is 0.151 e. The number of hydrogen-bond acceptors (Lipinski definition) is 2. The topological polar surface area (TPSA) is 40.5 Å². The molecule has 2 nitrogen and oxygen atoms in total. The van der Waals surface area contributed by atoms with Gasteiger partial charge in [0.15, 0.2) is 6.29 Å². The average Bonchev–Trinajstić information content (AvgIpc) is 2.59. The van der Waals surface area contributed by atoms with Crippen LogP contribution in [-0.4, -0.2) is 16.5 Å². The minimum absolute atomic E-state index is 0.0482. The number of hydrogen-bond donors (Lipinski definition) is 2. The number of rotatable bonds is 9. The Labute approximate surface area is 139 Å². The summed E-state index contributed by atoms with van der Waals surface area (Å²) < 4.78 is 0. The molecule has 2 aromatic rings. The standard InChI is InChI=1S/C21H28O2/c1-2-3-16-21(17-10-15-20(22)23,18-11-6-4-7-12-18)19-13-8-5-9-14-19/h4-9,11-14,20,22-23H,2-3,10,15-17H2,1H3. The van der Waals surface area contributed by atoms with Crippen LogP contribution in [0.15, 0.2) is 60.7 Å². The smallest absolute Gasteiger partial charge is 0.151 e. The van der Waals surface area contributed by atoms with Crippen molar-refractivity contribution in [3.05, 3.63) is 71.8 Å². The van der Waals surface area contributed by atoms with Gasteiger partial charge in [-0.05, 0) is 36.8 Å². The molecular weight excluding hydrogens is 284 g/mol. The van der Waals surface area contributed by atoms with Crippen molar-refractivity contribution in [2.24, 2.45) is 0 Å². The maximum atomic E-state index is 9.22. The zero-order chi connectivity index (χ0) is 16.5. The predicted molar refractivity (Wildman–Crippen MR) is 95.3 cm³/mol. The van der Waals surface area contributed by atoms with Crippen LogP contribution >= 0.6 is 0 Å². The molecular formula is C21H28O2. The highest BCUT2D eigenvalue weighted by atomic mass is 16.5. The molecule has 0 aliphatic heterocycles. The summed E-state index contributed by atoms with van der Waals surface area (Å²) in [5, 5.41) is 18.4. The molecule has 0 unspecified atom stereocenters. The summed E-state index contributed by atoms with van der Waals surface area (Å²) >= 11 is 0. The zero-order valence-corrected chi connectivity index (χ0v) is 14.0. The fraction of sp³-hybridized carbons (Fsp3) is 0.429. The molecule has 0 heterocycles. The molecule has 0 saturated carbocycles. The van der Waals surface area contributed by atoms with Gasteiger partial charge in [0.05, 0.1) is 0 Å².